The molecule has 0 saturated carbocycles. The Morgan fingerprint density at radius 2 is 2.50 bits per heavy atom. The van der Waals surface area contributed by atoms with Gasteiger partial charge >= 0.3 is 0 Å². The maximum absolute atomic E-state index is 3.86. The van der Waals surface area contributed by atoms with E-state index >= 15 is 0 Å². The number of thiophene rings is 1. The summed E-state index contributed by atoms with van der Waals surface area (Å²) < 4.78 is 1.21. The Balaban J connectivity index is 2.74. The van der Waals surface area contributed by atoms with E-state index in [4.69, 9.17) is 0 Å². The van der Waals surface area contributed by atoms with Crippen molar-refractivity contribution in [3.05, 3.63) is 32.9 Å². The van der Waals surface area contributed by atoms with Gasteiger partial charge in [-0.3, -0.25) is 0 Å². The van der Waals surface area contributed by atoms with Crippen molar-refractivity contribution in [2.75, 3.05) is 0 Å². The first-order chi connectivity index (χ1) is 4.70. The number of hydrogen-bond acceptors (Lipinski definition) is 1. The molecule has 0 fully saturated rings. The van der Waals surface area contributed by atoms with E-state index in [1.54, 1.807) is 11.3 Å². The monoisotopic (exact) mass is 216 g/mol. The first-order valence-electron chi connectivity index (χ1n) is 3.06. The topological polar surface area (TPSA) is 0 Å². The number of hydrogen-bond donors (Lipinski definition) is 0. The molecule has 54 valence electrons. The van der Waals surface area contributed by atoms with Gasteiger partial charge in [0.05, 0.1) is 0 Å². The van der Waals surface area contributed by atoms with Crippen molar-refractivity contribution < 1.29 is 0 Å². The zero-order chi connectivity index (χ0) is 7.56. The van der Waals surface area contributed by atoms with Crippen LogP contribution in [0.3, 0.4) is 0 Å². The fourth-order valence-corrected chi connectivity index (χ4v) is 2.33. The summed E-state index contributed by atoms with van der Waals surface area (Å²) in [6.45, 7) is 5.90. The lowest BCUT2D eigenvalue weighted by molar-refractivity contribution is 1.19. The second kappa shape index (κ2) is 3.35. The quantitative estimate of drug-likeness (QED) is 0.663. The van der Waals surface area contributed by atoms with Gasteiger partial charge in [0.25, 0.3) is 0 Å². The summed E-state index contributed by atoms with van der Waals surface area (Å²) in [6.07, 6.45) is 0.998. The fraction of sp³-hybridized carbons (Fsp3) is 0.250. The summed E-state index contributed by atoms with van der Waals surface area (Å²) in [5.41, 5.74) is 1.21. The molecular weight excluding hydrogens is 208 g/mol. The highest BCUT2D eigenvalue weighted by Crippen LogP contribution is 2.24. The lowest BCUT2D eigenvalue weighted by Gasteiger charge is -1.94. The molecule has 1 aromatic heterocycles. The van der Waals surface area contributed by atoms with Crippen LogP contribution in [-0.2, 0) is 6.42 Å². The van der Waals surface area contributed by atoms with Gasteiger partial charge in [-0.25, -0.2) is 0 Å². The van der Waals surface area contributed by atoms with Gasteiger partial charge in [0.2, 0.25) is 0 Å². The van der Waals surface area contributed by atoms with Crippen molar-refractivity contribution in [2.24, 2.45) is 0 Å². The van der Waals surface area contributed by atoms with Gasteiger partial charge in [-0.2, -0.15) is 0 Å². The average Bonchev–Trinajstić information content (AvgIpc) is 2.15. The summed E-state index contributed by atoms with van der Waals surface area (Å²) in [6, 6.07) is 2.07. The van der Waals surface area contributed by atoms with Crippen molar-refractivity contribution in [1.82, 2.24) is 0 Å². The normalized spacial score (nSPS) is 9.80. The Labute approximate surface area is 73.7 Å². The molecule has 10 heavy (non-hydrogen) atoms. The molecule has 0 aliphatic rings. The predicted octanol–water partition coefficient (Wildman–Crippen LogP) is 3.63. The molecule has 0 amide bonds. The number of rotatable bonds is 2. The van der Waals surface area contributed by atoms with Crippen LogP contribution in [0.4, 0.5) is 0 Å². The molecule has 0 aromatic carbocycles. The summed E-state index contributed by atoms with van der Waals surface area (Å²) in [7, 11) is 0. The Bertz CT molecular complexity index is 237. The van der Waals surface area contributed by atoms with E-state index in [1.165, 1.54) is 14.9 Å². The van der Waals surface area contributed by atoms with E-state index in [0.717, 1.165) is 6.42 Å². The number of halogens is 1. The molecule has 0 atom stereocenters. The third-order valence-corrected chi connectivity index (χ3v) is 3.08. The van der Waals surface area contributed by atoms with E-state index in [9.17, 15) is 0 Å². The molecule has 0 aliphatic heterocycles. The standard InChI is InChI=1S/C8H9BrS/c1-6(2)5-8-7(9)3-4-10-8/h3-4H,1,5H2,2H3. The van der Waals surface area contributed by atoms with Crippen LogP contribution in [0, 0.1) is 0 Å². The van der Waals surface area contributed by atoms with Gasteiger partial charge in [0.1, 0.15) is 0 Å². The van der Waals surface area contributed by atoms with Crippen LogP contribution in [0.1, 0.15) is 11.8 Å². The van der Waals surface area contributed by atoms with Crippen LogP contribution < -0.4 is 0 Å². The predicted molar refractivity (Wildman–Crippen MR) is 50.5 cm³/mol. The van der Waals surface area contributed by atoms with E-state index < -0.39 is 0 Å². The highest BCUT2D eigenvalue weighted by Gasteiger charge is 1.99. The van der Waals surface area contributed by atoms with E-state index in [2.05, 4.69) is 34.0 Å². The molecule has 2 heteroatoms. The SMILES string of the molecule is C=C(C)Cc1sccc1Br. The second-order valence-electron chi connectivity index (χ2n) is 2.33. The lowest BCUT2D eigenvalue weighted by atomic mass is 10.2. The largest absolute Gasteiger partial charge is 0.147 e. The van der Waals surface area contributed by atoms with E-state index in [0.29, 0.717) is 0 Å². The minimum atomic E-state index is 0.998. The highest BCUT2D eigenvalue weighted by molar-refractivity contribution is 9.10. The van der Waals surface area contributed by atoms with E-state index in [-0.39, 0.29) is 0 Å². The number of allylic oxidation sites excluding steroid dienone is 1. The lowest BCUT2D eigenvalue weighted by Crippen LogP contribution is -1.79. The minimum absolute atomic E-state index is 0.998. The van der Waals surface area contributed by atoms with Crippen LogP contribution in [-0.4, -0.2) is 0 Å². The molecule has 0 nitrogen and oxygen atoms in total. The third kappa shape index (κ3) is 1.96. The van der Waals surface area contributed by atoms with Crippen molar-refractivity contribution in [2.45, 2.75) is 13.3 Å². The Morgan fingerprint density at radius 3 is 2.90 bits per heavy atom. The summed E-state index contributed by atoms with van der Waals surface area (Å²) in [5.74, 6) is 0. The Hall–Kier alpha value is -0.0800. The molecule has 0 saturated heterocycles. The molecule has 0 N–H and O–H groups in total. The maximum atomic E-state index is 3.86. The summed E-state index contributed by atoms with van der Waals surface area (Å²) >= 11 is 5.23. The maximum Gasteiger partial charge on any atom is 0.0317 e. The van der Waals surface area contributed by atoms with Crippen LogP contribution in [0.15, 0.2) is 28.1 Å². The van der Waals surface area contributed by atoms with Crippen LogP contribution in [0.2, 0.25) is 0 Å². The van der Waals surface area contributed by atoms with Crippen LogP contribution in [0.5, 0.6) is 0 Å². The molecular formula is C8H9BrS. The van der Waals surface area contributed by atoms with Gasteiger partial charge in [-0.1, -0.05) is 12.2 Å². The summed E-state index contributed by atoms with van der Waals surface area (Å²) in [5, 5.41) is 2.09. The average molecular weight is 217 g/mol. The first-order valence-corrected chi connectivity index (χ1v) is 4.73. The third-order valence-electron chi connectivity index (χ3n) is 1.15. The molecule has 0 radical (unpaired) electrons. The zero-order valence-corrected chi connectivity index (χ0v) is 8.26. The van der Waals surface area contributed by atoms with Gasteiger partial charge in [-0.05, 0) is 34.3 Å². The van der Waals surface area contributed by atoms with Gasteiger partial charge < -0.3 is 0 Å². The molecule has 1 rings (SSSR count). The van der Waals surface area contributed by atoms with Crippen molar-refractivity contribution in [1.29, 1.82) is 0 Å². The van der Waals surface area contributed by atoms with Gasteiger partial charge in [0, 0.05) is 15.8 Å². The van der Waals surface area contributed by atoms with Gasteiger partial charge in [-0.15, -0.1) is 11.3 Å². The van der Waals surface area contributed by atoms with Gasteiger partial charge in [0.15, 0.2) is 0 Å². The van der Waals surface area contributed by atoms with Crippen LogP contribution >= 0.6 is 27.3 Å². The fourth-order valence-electron chi connectivity index (χ4n) is 0.725. The summed E-state index contributed by atoms with van der Waals surface area (Å²) in [4.78, 5) is 1.37. The first kappa shape index (κ1) is 8.02. The van der Waals surface area contributed by atoms with Crippen molar-refractivity contribution in [3.63, 3.8) is 0 Å². The molecule has 1 aromatic rings. The Morgan fingerprint density at radius 1 is 1.80 bits per heavy atom. The van der Waals surface area contributed by atoms with Crippen molar-refractivity contribution in [3.8, 4) is 0 Å². The molecule has 0 spiro atoms. The molecule has 1 heterocycles. The van der Waals surface area contributed by atoms with Crippen LogP contribution in [0.25, 0.3) is 0 Å². The molecule has 0 aliphatic carbocycles. The highest BCUT2D eigenvalue weighted by atomic mass is 79.9. The second-order valence-corrected chi connectivity index (χ2v) is 4.18. The zero-order valence-electron chi connectivity index (χ0n) is 5.86. The van der Waals surface area contributed by atoms with Crippen molar-refractivity contribution >= 4 is 27.3 Å². The smallest absolute Gasteiger partial charge is 0.0317 e. The molecule has 0 bridgehead atoms. The molecule has 0 unspecified atom stereocenters. The Kier molecular flexibility index (Phi) is 2.69. The minimum Gasteiger partial charge on any atom is -0.147 e. The van der Waals surface area contributed by atoms with E-state index in [1.807, 2.05) is 6.92 Å².